The molecule has 0 saturated carbocycles. The second kappa shape index (κ2) is 19.5. The van der Waals surface area contributed by atoms with Crippen molar-refractivity contribution in [2.45, 2.75) is 78.4 Å². The molecule has 8 nitrogen and oxygen atoms in total. The van der Waals surface area contributed by atoms with Gasteiger partial charge in [-0.1, -0.05) is 39.3 Å². The summed E-state index contributed by atoms with van der Waals surface area (Å²) < 4.78 is 23.2. The molecule has 56 heavy (non-hydrogen) atoms. The molecule has 5 aromatic rings. The van der Waals surface area contributed by atoms with Gasteiger partial charge in [-0.3, -0.25) is 14.9 Å². The quantitative estimate of drug-likeness (QED) is 0.0819. The Kier molecular flexibility index (Phi) is 14.0. The first-order valence-corrected chi connectivity index (χ1v) is 20.0. The zero-order chi connectivity index (χ0) is 39.4. The molecule has 0 amide bonds. The topological polar surface area (TPSA) is 69.2 Å². The Hall–Kier alpha value is -5.34. The minimum absolute atomic E-state index is 0.365. The molecule has 0 atom stereocenters. The summed E-state index contributed by atoms with van der Waals surface area (Å²) in [5.41, 5.74) is 11.0. The largest absolute Gasteiger partial charge is 0.496 e. The molecule has 1 fully saturated rings. The number of hydrogen-bond donors (Lipinski definition) is 0. The molecule has 0 unspecified atom stereocenters. The summed E-state index contributed by atoms with van der Waals surface area (Å²) in [6.45, 7) is 14.8. The molecule has 2 aromatic heterocycles. The molecule has 1 saturated heterocycles. The number of methoxy groups -OCH3 is 3. The van der Waals surface area contributed by atoms with Gasteiger partial charge in [0.2, 0.25) is 0 Å². The van der Waals surface area contributed by atoms with E-state index in [0.717, 1.165) is 139 Å². The summed E-state index contributed by atoms with van der Waals surface area (Å²) in [6, 6.07) is 24.1. The maximum atomic E-state index is 6.04. The van der Waals surface area contributed by atoms with Crippen LogP contribution in [-0.4, -0.2) is 61.9 Å². The van der Waals surface area contributed by atoms with E-state index in [1.54, 1.807) is 21.3 Å². The van der Waals surface area contributed by atoms with Crippen LogP contribution in [0.25, 0.3) is 28.5 Å². The van der Waals surface area contributed by atoms with Crippen LogP contribution >= 0.6 is 0 Å². The van der Waals surface area contributed by atoms with Crippen LogP contribution in [0.1, 0.15) is 73.8 Å². The van der Waals surface area contributed by atoms with Gasteiger partial charge in [-0.2, -0.15) is 0 Å². The number of aromatic nitrogens is 2. The molecule has 0 aliphatic carbocycles. The Balaban J connectivity index is 1.21. The number of piperidine rings is 1. The lowest BCUT2D eigenvalue weighted by Crippen LogP contribution is -2.44. The van der Waals surface area contributed by atoms with Gasteiger partial charge >= 0.3 is 0 Å². The van der Waals surface area contributed by atoms with Crippen molar-refractivity contribution in [3.63, 3.8) is 0 Å². The van der Waals surface area contributed by atoms with Gasteiger partial charge in [0.15, 0.2) is 11.5 Å². The van der Waals surface area contributed by atoms with Crippen molar-refractivity contribution in [3.8, 4) is 45.4 Å². The molecule has 1 aliphatic heterocycles. The highest BCUT2D eigenvalue weighted by atomic mass is 16.5. The van der Waals surface area contributed by atoms with Crippen LogP contribution in [0.4, 0.5) is 5.69 Å². The summed E-state index contributed by atoms with van der Waals surface area (Å²) in [5.74, 6) is 3.31. The Morgan fingerprint density at radius 1 is 0.821 bits per heavy atom. The van der Waals surface area contributed by atoms with Crippen molar-refractivity contribution in [3.05, 3.63) is 120 Å². The van der Waals surface area contributed by atoms with Crippen LogP contribution < -0.4 is 23.8 Å². The lowest BCUT2D eigenvalue weighted by Gasteiger charge is -2.40. The third-order valence-electron chi connectivity index (χ3n) is 10.9. The lowest BCUT2D eigenvalue weighted by molar-refractivity contribution is 0.201. The van der Waals surface area contributed by atoms with Crippen molar-refractivity contribution in [2.24, 2.45) is 0 Å². The fraction of sp³-hybridized carbons (Fsp3) is 0.375. The maximum Gasteiger partial charge on any atom is 0.163 e. The van der Waals surface area contributed by atoms with Crippen molar-refractivity contribution >= 4 is 11.8 Å². The van der Waals surface area contributed by atoms with E-state index in [9.17, 15) is 0 Å². The van der Waals surface area contributed by atoms with Gasteiger partial charge in [0.1, 0.15) is 11.5 Å². The van der Waals surface area contributed by atoms with E-state index < -0.39 is 0 Å². The fourth-order valence-corrected chi connectivity index (χ4v) is 7.75. The molecular weight excluding hydrogens is 697 g/mol. The lowest BCUT2D eigenvalue weighted by atomic mass is 9.98. The van der Waals surface area contributed by atoms with Crippen LogP contribution in [0.15, 0.2) is 91.9 Å². The van der Waals surface area contributed by atoms with Crippen molar-refractivity contribution < 1.29 is 18.9 Å². The molecule has 3 aromatic carbocycles. The number of hydrogen-bond acceptors (Lipinski definition) is 8. The second-order valence-corrected chi connectivity index (χ2v) is 14.7. The fourth-order valence-electron chi connectivity index (χ4n) is 7.75. The summed E-state index contributed by atoms with van der Waals surface area (Å²) in [5, 5.41) is 0. The standard InChI is InChI=1S/C48H58N4O4/c1-8-11-23-56-44-15-13-42(14-16-44)52(33-36-24-41(31-49-30-36)39-27-38(12-9-2)48(55-7)47(28-39)54-6)43-18-21-51(22-19-43)32-35-17-20-50-45(25-35)40-26-37(10-3)34(4)46(29-40)53-5/h10,13-17,20,24-31,43H,3,8-9,11-12,18-19,21-23,32-33H2,1-2,4-7H3. The first kappa shape index (κ1) is 40.3. The zero-order valence-corrected chi connectivity index (χ0v) is 34.1. The molecule has 6 rings (SSSR count). The number of ether oxygens (including phenoxy) is 4. The molecule has 0 spiro atoms. The molecule has 0 bridgehead atoms. The Labute approximate surface area is 334 Å². The third-order valence-corrected chi connectivity index (χ3v) is 10.9. The van der Waals surface area contributed by atoms with Gasteiger partial charge in [-0.05, 0) is 133 Å². The molecule has 8 heteroatoms. The number of likely N-dealkylation sites (tertiary alicyclic amines) is 1. The third kappa shape index (κ3) is 9.72. The number of benzene rings is 3. The Morgan fingerprint density at radius 3 is 2.29 bits per heavy atom. The van der Waals surface area contributed by atoms with Crippen molar-refractivity contribution in [1.82, 2.24) is 14.9 Å². The van der Waals surface area contributed by atoms with Gasteiger partial charge in [-0.25, -0.2) is 0 Å². The predicted octanol–water partition coefficient (Wildman–Crippen LogP) is 10.6. The predicted molar refractivity (Wildman–Crippen MR) is 229 cm³/mol. The van der Waals surface area contributed by atoms with E-state index >= 15 is 0 Å². The highest BCUT2D eigenvalue weighted by molar-refractivity contribution is 5.71. The summed E-state index contributed by atoms with van der Waals surface area (Å²) in [7, 11) is 5.12. The molecule has 3 heterocycles. The van der Waals surface area contributed by atoms with Crippen molar-refractivity contribution in [2.75, 3.05) is 45.9 Å². The van der Waals surface area contributed by atoms with E-state index in [4.69, 9.17) is 28.9 Å². The molecule has 0 radical (unpaired) electrons. The van der Waals surface area contributed by atoms with Gasteiger partial charge in [0, 0.05) is 67.6 Å². The van der Waals surface area contributed by atoms with Gasteiger partial charge in [-0.15, -0.1) is 0 Å². The molecule has 1 aliphatic rings. The Morgan fingerprint density at radius 2 is 1.59 bits per heavy atom. The van der Waals surface area contributed by atoms with Crippen LogP contribution in [0.3, 0.4) is 0 Å². The van der Waals surface area contributed by atoms with Crippen LogP contribution in [0.2, 0.25) is 0 Å². The Bertz CT molecular complexity index is 2060. The van der Waals surface area contributed by atoms with E-state index in [1.807, 2.05) is 24.7 Å². The van der Waals surface area contributed by atoms with Gasteiger partial charge < -0.3 is 23.8 Å². The normalized spacial score (nSPS) is 13.3. The smallest absolute Gasteiger partial charge is 0.163 e. The number of rotatable bonds is 18. The van der Waals surface area contributed by atoms with E-state index in [0.29, 0.717) is 6.04 Å². The molecular formula is C48H58N4O4. The monoisotopic (exact) mass is 754 g/mol. The highest BCUT2D eigenvalue weighted by Gasteiger charge is 2.26. The number of pyridine rings is 2. The number of aryl methyl sites for hydroxylation is 1. The minimum atomic E-state index is 0.365. The first-order chi connectivity index (χ1) is 27.4. The number of anilines is 1. The number of unbranched alkanes of at least 4 members (excludes halogenated alkanes) is 1. The molecule has 294 valence electrons. The highest BCUT2D eigenvalue weighted by Crippen LogP contribution is 2.38. The van der Waals surface area contributed by atoms with E-state index in [1.165, 1.54) is 11.3 Å². The average Bonchev–Trinajstić information content (AvgIpc) is 3.23. The maximum absolute atomic E-state index is 6.04. The summed E-state index contributed by atoms with van der Waals surface area (Å²) in [6.07, 6.45) is 13.9. The first-order valence-electron chi connectivity index (χ1n) is 20.0. The van der Waals surface area contributed by atoms with Gasteiger partial charge in [0.25, 0.3) is 0 Å². The molecule has 0 N–H and O–H groups in total. The van der Waals surface area contributed by atoms with Gasteiger partial charge in [0.05, 0.1) is 33.6 Å². The van der Waals surface area contributed by atoms with E-state index in [-0.39, 0.29) is 0 Å². The summed E-state index contributed by atoms with van der Waals surface area (Å²) >= 11 is 0. The number of nitrogens with zero attached hydrogens (tertiary/aromatic N) is 4. The van der Waals surface area contributed by atoms with Crippen LogP contribution in [0.5, 0.6) is 23.0 Å². The minimum Gasteiger partial charge on any atom is -0.496 e. The van der Waals surface area contributed by atoms with E-state index in [2.05, 4.69) is 104 Å². The SMILES string of the molecule is C=Cc1cc(-c2cc(CN3CCC(N(Cc4cncc(-c5cc(CCC)c(OC)c(OC)c5)c4)c4ccc(OCCCC)cc4)CC3)ccn2)cc(OC)c1C. The second-order valence-electron chi connectivity index (χ2n) is 14.7. The average molecular weight is 755 g/mol. The van der Waals surface area contributed by atoms with Crippen LogP contribution in [-0.2, 0) is 19.5 Å². The van der Waals surface area contributed by atoms with Crippen molar-refractivity contribution in [1.29, 1.82) is 0 Å². The zero-order valence-electron chi connectivity index (χ0n) is 34.1. The van der Waals surface area contributed by atoms with Crippen LogP contribution in [0, 0.1) is 6.92 Å². The summed E-state index contributed by atoms with van der Waals surface area (Å²) in [4.78, 5) is 14.6.